The van der Waals surface area contributed by atoms with Gasteiger partial charge in [0.2, 0.25) is 0 Å². The van der Waals surface area contributed by atoms with Gasteiger partial charge in [0, 0.05) is 4.32 Å². The monoisotopic (exact) mass is 464 g/mol. The molecule has 0 aromatic heterocycles. The van der Waals surface area contributed by atoms with Gasteiger partial charge >= 0.3 is 0 Å². The van der Waals surface area contributed by atoms with Gasteiger partial charge < -0.3 is 0 Å². The Labute approximate surface area is 191 Å². The number of rotatable bonds is 18. The second-order valence-corrected chi connectivity index (χ2v) is 11.6. The molecule has 1 aromatic carbocycles. The van der Waals surface area contributed by atoms with Crippen LogP contribution in [0.5, 0.6) is 0 Å². The molecule has 168 valence electrons. The summed E-state index contributed by atoms with van der Waals surface area (Å²) < 4.78 is 0.0712. The summed E-state index contributed by atoms with van der Waals surface area (Å²) in [5.74, 6) is 0. The minimum atomic E-state index is 0.0712. The molecule has 0 nitrogen and oxygen atoms in total. The first-order chi connectivity index (χ1) is 14.0. The van der Waals surface area contributed by atoms with Gasteiger partial charge in [0.1, 0.15) is 0 Å². The van der Waals surface area contributed by atoms with Crippen LogP contribution in [0.25, 0.3) is 0 Å². The van der Waals surface area contributed by atoms with E-state index >= 15 is 0 Å². The van der Waals surface area contributed by atoms with E-state index in [1.807, 2.05) is 0 Å². The lowest BCUT2D eigenvalue weighted by atomic mass is 9.92. The highest BCUT2D eigenvalue weighted by Gasteiger charge is 2.19. The normalized spacial score (nSPS) is 11.9. The average molecular weight is 466 g/mol. The fourth-order valence-corrected chi connectivity index (χ4v) is 4.89. The Balaban J connectivity index is 1.94. The lowest BCUT2D eigenvalue weighted by Crippen LogP contribution is -2.10. The van der Waals surface area contributed by atoms with E-state index < -0.39 is 0 Å². The molecule has 0 aliphatic heterocycles. The largest absolute Gasteiger partial charge is 0.0807 e. The summed E-state index contributed by atoms with van der Waals surface area (Å²) in [6, 6.07) is 6.82. The van der Waals surface area contributed by atoms with Gasteiger partial charge in [-0.05, 0) is 50.3 Å². The van der Waals surface area contributed by atoms with Crippen LogP contribution < -0.4 is 0 Å². The maximum atomic E-state index is 3.82. The van der Waals surface area contributed by atoms with Crippen molar-refractivity contribution in [2.24, 2.45) is 0 Å². The molecule has 0 spiro atoms. The lowest BCUT2D eigenvalue weighted by Gasteiger charge is -2.21. The predicted octanol–water partition coefficient (Wildman–Crippen LogP) is 10.4. The van der Waals surface area contributed by atoms with Crippen LogP contribution in [0.3, 0.4) is 0 Å². The number of unbranched alkanes of at least 4 members (excludes halogenated alkanes) is 15. The van der Waals surface area contributed by atoms with Gasteiger partial charge in [-0.1, -0.05) is 137 Å². The fraction of sp³-hybridized carbons (Fsp3) is 0.786. The van der Waals surface area contributed by atoms with Gasteiger partial charge in [-0.25, -0.2) is 0 Å². The van der Waals surface area contributed by atoms with Crippen molar-refractivity contribution in [2.45, 2.75) is 141 Å². The molecule has 0 fully saturated rings. The number of aryl methyl sites for hydroxylation is 1. The molecule has 0 bridgehead atoms. The Morgan fingerprint density at radius 2 is 1.07 bits per heavy atom. The van der Waals surface area contributed by atoms with Crippen molar-refractivity contribution in [1.29, 1.82) is 0 Å². The van der Waals surface area contributed by atoms with Crippen molar-refractivity contribution < 1.29 is 0 Å². The van der Waals surface area contributed by atoms with Gasteiger partial charge in [-0.2, -0.15) is 0 Å². The summed E-state index contributed by atoms with van der Waals surface area (Å²) in [6.07, 6.45) is 24.3. The van der Waals surface area contributed by atoms with E-state index in [1.165, 1.54) is 120 Å². The van der Waals surface area contributed by atoms with Crippen molar-refractivity contribution in [3.05, 3.63) is 34.9 Å². The number of halogens is 1. The Hall–Kier alpha value is -0.300. The number of alkyl halides is 1. The van der Waals surface area contributed by atoms with E-state index in [1.54, 1.807) is 5.56 Å². The van der Waals surface area contributed by atoms with Gasteiger partial charge in [-0.15, -0.1) is 0 Å². The van der Waals surface area contributed by atoms with Crippen molar-refractivity contribution >= 4 is 15.9 Å². The molecule has 0 radical (unpaired) electrons. The molecule has 1 aromatic rings. The summed E-state index contributed by atoms with van der Waals surface area (Å²) in [6.45, 7) is 9.08. The highest BCUT2D eigenvalue weighted by molar-refractivity contribution is 9.09. The standard InChI is InChI=1S/C28H49Br/c1-5-6-7-8-9-10-11-12-13-14-15-16-17-18-19-20-22-26-23-21-24-27(25(26)2)28(3,4)29/h21,23-24H,5-20,22H2,1-4H3. The molecule has 0 saturated carbocycles. The Morgan fingerprint density at radius 1 is 0.655 bits per heavy atom. The first kappa shape index (κ1) is 26.7. The summed E-state index contributed by atoms with van der Waals surface area (Å²) >= 11 is 3.82. The summed E-state index contributed by atoms with van der Waals surface area (Å²) in [5, 5.41) is 0. The molecular formula is C28H49Br. The zero-order valence-electron chi connectivity index (χ0n) is 20.1. The van der Waals surface area contributed by atoms with Crippen molar-refractivity contribution in [3.63, 3.8) is 0 Å². The second-order valence-electron chi connectivity index (χ2n) is 9.62. The first-order valence-corrected chi connectivity index (χ1v) is 13.5. The van der Waals surface area contributed by atoms with E-state index in [0.717, 1.165) is 0 Å². The minimum absolute atomic E-state index is 0.0712. The molecule has 0 saturated heterocycles. The molecule has 29 heavy (non-hydrogen) atoms. The van der Waals surface area contributed by atoms with Crippen molar-refractivity contribution in [1.82, 2.24) is 0 Å². The topological polar surface area (TPSA) is 0 Å². The average Bonchev–Trinajstić information content (AvgIpc) is 2.68. The van der Waals surface area contributed by atoms with Gasteiger partial charge in [0.25, 0.3) is 0 Å². The molecule has 0 heterocycles. The Morgan fingerprint density at radius 3 is 1.48 bits per heavy atom. The molecule has 0 aliphatic rings. The minimum Gasteiger partial charge on any atom is -0.0807 e. The zero-order chi connectivity index (χ0) is 21.4. The second kappa shape index (κ2) is 16.4. The molecule has 0 N–H and O–H groups in total. The quantitative estimate of drug-likeness (QED) is 0.149. The maximum absolute atomic E-state index is 3.82. The van der Waals surface area contributed by atoms with E-state index in [0.29, 0.717) is 0 Å². The number of hydrogen-bond donors (Lipinski definition) is 0. The fourth-order valence-electron chi connectivity index (χ4n) is 4.46. The zero-order valence-corrected chi connectivity index (χ0v) is 21.7. The smallest absolute Gasteiger partial charge is 0.0452 e. The van der Waals surface area contributed by atoms with E-state index in [9.17, 15) is 0 Å². The Bertz CT molecular complexity index is 512. The van der Waals surface area contributed by atoms with Crippen LogP contribution in [0.1, 0.15) is 140 Å². The highest BCUT2D eigenvalue weighted by atomic mass is 79.9. The third kappa shape index (κ3) is 12.9. The van der Waals surface area contributed by atoms with E-state index in [4.69, 9.17) is 0 Å². The summed E-state index contributed by atoms with van der Waals surface area (Å²) in [5.41, 5.74) is 4.46. The van der Waals surface area contributed by atoms with Crippen LogP contribution >= 0.6 is 15.9 Å². The number of hydrogen-bond acceptors (Lipinski definition) is 0. The van der Waals surface area contributed by atoms with Crippen LogP contribution in [-0.4, -0.2) is 0 Å². The van der Waals surface area contributed by atoms with Crippen molar-refractivity contribution in [2.75, 3.05) is 0 Å². The highest BCUT2D eigenvalue weighted by Crippen LogP contribution is 2.33. The van der Waals surface area contributed by atoms with E-state index in [2.05, 4.69) is 61.8 Å². The Kier molecular flexibility index (Phi) is 15.1. The van der Waals surface area contributed by atoms with Gasteiger partial charge in [-0.3, -0.25) is 0 Å². The first-order valence-electron chi connectivity index (χ1n) is 12.7. The SMILES string of the molecule is CCCCCCCCCCCCCCCCCCc1cccc(C(C)(C)Br)c1C. The molecule has 0 aliphatic carbocycles. The molecule has 0 unspecified atom stereocenters. The summed E-state index contributed by atoms with van der Waals surface area (Å²) in [4.78, 5) is 0. The van der Waals surface area contributed by atoms with Gasteiger partial charge in [0.05, 0.1) is 0 Å². The van der Waals surface area contributed by atoms with Crippen molar-refractivity contribution in [3.8, 4) is 0 Å². The van der Waals surface area contributed by atoms with Crippen LogP contribution in [0, 0.1) is 6.92 Å². The van der Waals surface area contributed by atoms with Gasteiger partial charge in [0.15, 0.2) is 0 Å². The van der Waals surface area contributed by atoms with Crippen LogP contribution in [0.15, 0.2) is 18.2 Å². The molecule has 0 atom stereocenters. The summed E-state index contributed by atoms with van der Waals surface area (Å²) in [7, 11) is 0. The van der Waals surface area contributed by atoms with Crippen LogP contribution in [0.2, 0.25) is 0 Å². The molecule has 0 amide bonds. The van der Waals surface area contributed by atoms with Crippen LogP contribution in [-0.2, 0) is 10.7 Å². The lowest BCUT2D eigenvalue weighted by molar-refractivity contribution is 0.529. The predicted molar refractivity (Wildman–Crippen MR) is 136 cm³/mol. The maximum Gasteiger partial charge on any atom is 0.0452 e. The molecular weight excluding hydrogens is 416 g/mol. The third-order valence-corrected chi connectivity index (χ3v) is 6.81. The van der Waals surface area contributed by atoms with E-state index in [-0.39, 0.29) is 4.32 Å². The molecule has 1 heteroatoms. The third-order valence-electron chi connectivity index (χ3n) is 6.39. The van der Waals surface area contributed by atoms with Crippen LogP contribution in [0.4, 0.5) is 0 Å². The number of benzene rings is 1. The molecule has 1 rings (SSSR count).